The van der Waals surface area contributed by atoms with Crippen LogP contribution in [0.4, 0.5) is 5.82 Å². The van der Waals surface area contributed by atoms with Crippen molar-refractivity contribution in [3.05, 3.63) is 23.9 Å². The molecule has 0 saturated carbocycles. The van der Waals surface area contributed by atoms with Gasteiger partial charge in [-0.25, -0.2) is 4.68 Å². The molecule has 0 aromatic carbocycles. The van der Waals surface area contributed by atoms with Gasteiger partial charge in [-0.1, -0.05) is 19.1 Å². The second-order valence-electron chi connectivity index (χ2n) is 4.86. The number of aryl methyl sites for hydroxylation is 2. The van der Waals surface area contributed by atoms with E-state index in [-0.39, 0.29) is 11.8 Å². The van der Waals surface area contributed by atoms with E-state index >= 15 is 0 Å². The van der Waals surface area contributed by atoms with Crippen LogP contribution in [-0.2, 0) is 11.3 Å². The fraction of sp³-hybridized carbons (Fsp3) is 0.571. The van der Waals surface area contributed by atoms with Crippen molar-refractivity contribution in [1.82, 2.24) is 9.78 Å². The molecule has 1 aromatic heterocycles. The van der Waals surface area contributed by atoms with Crippen molar-refractivity contribution >= 4 is 11.7 Å². The molecule has 1 unspecified atom stereocenters. The number of carbonyl (C=O) groups is 1. The highest BCUT2D eigenvalue weighted by molar-refractivity contribution is 5.92. The Balaban J connectivity index is 2.03. The van der Waals surface area contributed by atoms with Gasteiger partial charge >= 0.3 is 0 Å². The highest BCUT2D eigenvalue weighted by atomic mass is 16.2. The fourth-order valence-electron chi connectivity index (χ4n) is 2.29. The van der Waals surface area contributed by atoms with E-state index in [1.54, 1.807) is 0 Å². The number of aromatic nitrogens is 2. The zero-order valence-electron chi connectivity index (χ0n) is 11.1. The van der Waals surface area contributed by atoms with E-state index in [4.69, 9.17) is 0 Å². The summed E-state index contributed by atoms with van der Waals surface area (Å²) in [6.07, 6.45) is 8.06. The predicted octanol–water partition coefficient (Wildman–Crippen LogP) is 2.90. The predicted molar refractivity (Wildman–Crippen MR) is 72.4 cm³/mol. The van der Waals surface area contributed by atoms with Crippen molar-refractivity contribution in [2.45, 2.75) is 46.1 Å². The molecule has 1 aliphatic carbocycles. The molecule has 1 atom stereocenters. The smallest absolute Gasteiger partial charge is 0.228 e. The molecule has 1 aliphatic rings. The SMILES string of the molecule is CCCn1nc(C)cc1NC(=O)C1CC=CCC1. The summed E-state index contributed by atoms with van der Waals surface area (Å²) in [6.45, 7) is 4.90. The van der Waals surface area contributed by atoms with Crippen LogP contribution in [0.2, 0.25) is 0 Å². The molecule has 1 heterocycles. The van der Waals surface area contributed by atoms with Crippen molar-refractivity contribution in [2.24, 2.45) is 5.92 Å². The number of allylic oxidation sites excluding steroid dienone is 2. The minimum atomic E-state index is 0.111. The highest BCUT2D eigenvalue weighted by Crippen LogP contribution is 2.20. The molecule has 1 aromatic rings. The molecular weight excluding hydrogens is 226 g/mol. The summed E-state index contributed by atoms with van der Waals surface area (Å²) < 4.78 is 1.88. The maximum atomic E-state index is 12.1. The number of hydrogen-bond acceptors (Lipinski definition) is 2. The summed E-state index contributed by atoms with van der Waals surface area (Å²) in [5, 5.41) is 7.40. The number of nitrogens with one attached hydrogen (secondary N) is 1. The summed E-state index contributed by atoms with van der Waals surface area (Å²) in [7, 11) is 0. The van der Waals surface area contributed by atoms with Gasteiger partial charge in [0.25, 0.3) is 0 Å². The van der Waals surface area contributed by atoms with Gasteiger partial charge in [-0.15, -0.1) is 0 Å². The van der Waals surface area contributed by atoms with Gasteiger partial charge in [-0.05, 0) is 32.6 Å². The lowest BCUT2D eigenvalue weighted by molar-refractivity contribution is -0.120. The van der Waals surface area contributed by atoms with Gasteiger partial charge in [-0.2, -0.15) is 5.10 Å². The molecule has 1 N–H and O–H groups in total. The Morgan fingerprint density at radius 2 is 2.39 bits per heavy atom. The van der Waals surface area contributed by atoms with Crippen LogP contribution in [0.3, 0.4) is 0 Å². The van der Waals surface area contributed by atoms with Gasteiger partial charge in [0, 0.05) is 18.5 Å². The third-order valence-electron chi connectivity index (χ3n) is 3.23. The van der Waals surface area contributed by atoms with Crippen LogP contribution in [0.5, 0.6) is 0 Å². The first-order valence-electron chi connectivity index (χ1n) is 6.71. The quantitative estimate of drug-likeness (QED) is 0.832. The summed E-state index contributed by atoms with van der Waals surface area (Å²) in [4.78, 5) is 12.1. The van der Waals surface area contributed by atoms with Crippen LogP contribution in [0.1, 0.15) is 38.3 Å². The average molecular weight is 247 g/mol. The van der Waals surface area contributed by atoms with E-state index in [9.17, 15) is 4.79 Å². The third-order valence-corrected chi connectivity index (χ3v) is 3.23. The second-order valence-corrected chi connectivity index (χ2v) is 4.86. The summed E-state index contributed by atoms with van der Waals surface area (Å²) in [6, 6.07) is 1.94. The van der Waals surface area contributed by atoms with Crippen molar-refractivity contribution in [3.8, 4) is 0 Å². The second kappa shape index (κ2) is 5.85. The van der Waals surface area contributed by atoms with Gasteiger partial charge < -0.3 is 5.32 Å². The summed E-state index contributed by atoms with van der Waals surface area (Å²) >= 11 is 0. The molecular formula is C14H21N3O. The fourth-order valence-corrected chi connectivity index (χ4v) is 2.29. The zero-order chi connectivity index (χ0) is 13.0. The van der Waals surface area contributed by atoms with Crippen molar-refractivity contribution in [1.29, 1.82) is 0 Å². The first kappa shape index (κ1) is 12.9. The minimum absolute atomic E-state index is 0.111. The van der Waals surface area contributed by atoms with E-state index in [0.29, 0.717) is 0 Å². The van der Waals surface area contributed by atoms with Crippen molar-refractivity contribution < 1.29 is 4.79 Å². The third kappa shape index (κ3) is 3.00. The van der Waals surface area contributed by atoms with Gasteiger partial charge in [0.15, 0.2) is 0 Å². The summed E-state index contributed by atoms with van der Waals surface area (Å²) in [5.74, 6) is 1.06. The van der Waals surface area contributed by atoms with Gasteiger partial charge in [0.1, 0.15) is 5.82 Å². The molecule has 0 fully saturated rings. The van der Waals surface area contributed by atoms with Crippen LogP contribution < -0.4 is 5.32 Å². The number of hydrogen-bond donors (Lipinski definition) is 1. The molecule has 0 saturated heterocycles. The number of nitrogens with zero attached hydrogens (tertiary/aromatic N) is 2. The normalized spacial score (nSPS) is 18.9. The molecule has 18 heavy (non-hydrogen) atoms. The van der Waals surface area contributed by atoms with Crippen molar-refractivity contribution in [2.75, 3.05) is 5.32 Å². The van der Waals surface area contributed by atoms with Crippen LogP contribution in [0.15, 0.2) is 18.2 Å². The first-order chi connectivity index (χ1) is 8.70. The number of carbonyl (C=O) groups excluding carboxylic acids is 1. The van der Waals surface area contributed by atoms with E-state index in [1.807, 2.05) is 17.7 Å². The van der Waals surface area contributed by atoms with Crippen LogP contribution in [0, 0.1) is 12.8 Å². The maximum absolute atomic E-state index is 12.1. The molecule has 0 bridgehead atoms. The first-order valence-corrected chi connectivity index (χ1v) is 6.71. The number of amides is 1. The van der Waals surface area contributed by atoms with E-state index in [1.165, 1.54) is 0 Å². The van der Waals surface area contributed by atoms with Gasteiger partial charge in [0.05, 0.1) is 5.69 Å². The largest absolute Gasteiger partial charge is 0.311 e. The lowest BCUT2D eigenvalue weighted by atomic mass is 9.94. The Kier molecular flexibility index (Phi) is 4.18. The molecule has 1 amide bonds. The Morgan fingerprint density at radius 3 is 3.06 bits per heavy atom. The lowest BCUT2D eigenvalue weighted by Crippen LogP contribution is -2.25. The molecule has 4 heteroatoms. The molecule has 98 valence electrons. The van der Waals surface area contributed by atoms with Crippen LogP contribution in [-0.4, -0.2) is 15.7 Å². The number of rotatable bonds is 4. The average Bonchev–Trinajstić information content (AvgIpc) is 2.71. The molecule has 4 nitrogen and oxygen atoms in total. The van der Waals surface area contributed by atoms with Crippen LogP contribution in [0.25, 0.3) is 0 Å². The van der Waals surface area contributed by atoms with Crippen LogP contribution >= 0.6 is 0 Å². The zero-order valence-corrected chi connectivity index (χ0v) is 11.1. The molecule has 0 spiro atoms. The Bertz CT molecular complexity index is 448. The lowest BCUT2D eigenvalue weighted by Gasteiger charge is -2.17. The van der Waals surface area contributed by atoms with E-state index < -0.39 is 0 Å². The van der Waals surface area contributed by atoms with E-state index in [0.717, 1.165) is 43.7 Å². The maximum Gasteiger partial charge on any atom is 0.228 e. The topological polar surface area (TPSA) is 46.9 Å². The number of anilines is 1. The summed E-state index contributed by atoms with van der Waals surface area (Å²) in [5.41, 5.74) is 0.947. The molecule has 2 rings (SSSR count). The Hall–Kier alpha value is -1.58. The van der Waals surface area contributed by atoms with Gasteiger partial charge in [-0.3, -0.25) is 4.79 Å². The Labute approximate surface area is 108 Å². The van der Waals surface area contributed by atoms with Crippen molar-refractivity contribution in [3.63, 3.8) is 0 Å². The van der Waals surface area contributed by atoms with E-state index in [2.05, 4.69) is 29.5 Å². The Morgan fingerprint density at radius 1 is 1.56 bits per heavy atom. The monoisotopic (exact) mass is 247 g/mol. The standard InChI is InChI=1S/C14H21N3O/c1-3-9-17-13(10-11(2)16-17)15-14(18)12-7-5-4-6-8-12/h4-5,10,12H,3,6-9H2,1-2H3,(H,15,18). The molecule has 0 aliphatic heterocycles. The molecule has 0 radical (unpaired) electrons. The van der Waals surface area contributed by atoms with Gasteiger partial charge in [0.2, 0.25) is 5.91 Å². The highest BCUT2D eigenvalue weighted by Gasteiger charge is 2.20. The minimum Gasteiger partial charge on any atom is -0.311 e.